The SMILES string of the molecule is CCCNC(=O)[C@@H](CC)N(Cc1cccc(C)c1)C(=O)CN(c1ccc(C)cc1)S(=O)(=O)c1ccccc1. The quantitative estimate of drug-likeness (QED) is 0.360. The number of hydrogen-bond acceptors (Lipinski definition) is 4. The van der Waals surface area contributed by atoms with Gasteiger partial charge in [-0.05, 0) is 56.5 Å². The summed E-state index contributed by atoms with van der Waals surface area (Å²) in [5.74, 6) is -0.701. The molecular formula is C30H37N3O4S. The number of carbonyl (C=O) groups is 2. The summed E-state index contributed by atoms with van der Waals surface area (Å²) in [6, 6.07) is 22.1. The third-order valence-electron chi connectivity index (χ3n) is 6.30. The van der Waals surface area contributed by atoms with Crippen molar-refractivity contribution in [3.63, 3.8) is 0 Å². The highest BCUT2D eigenvalue weighted by Crippen LogP contribution is 2.25. The van der Waals surface area contributed by atoms with E-state index in [1.165, 1.54) is 17.0 Å². The van der Waals surface area contributed by atoms with Crippen molar-refractivity contribution in [2.45, 2.75) is 58.0 Å². The molecule has 0 aliphatic carbocycles. The maximum atomic E-state index is 14.0. The summed E-state index contributed by atoms with van der Waals surface area (Å²) >= 11 is 0. The molecule has 3 aromatic carbocycles. The number of benzene rings is 3. The molecule has 0 aromatic heterocycles. The van der Waals surface area contributed by atoms with Crippen LogP contribution in [0.3, 0.4) is 0 Å². The van der Waals surface area contributed by atoms with E-state index in [-0.39, 0.29) is 17.3 Å². The Hall–Kier alpha value is -3.65. The fraction of sp³-hybridized carbons (Fsp3) is 0.333. The average molecular weight is 536 g/mol. The highest BCUT2D eigenvalue weighted by Gasteiger charge is 2.33. The van der Waals surface area contributed by atoms with Gasteiger partial charge in [-0.2, -0.15) is 0 Å². The first-order valence-electron chi connectivity index (χ1n) is 12.9. The zero-order valence-electron chi connectivity index (χ0n) is 22.6. The molecule has 202 valence electrons. The summed E-state index contributed by atoms with van der Waals surface area (Å²) in [5.41, 5.74) is 3.25. The average Bonchev–Trinajstić information content (AvgIpc) is 2.91. The summed E-state index contributed by atoms with van der Waals surface area (Å²) < 4.78 is 28.7. The van der Waals surface area contributed by atoms with Crippen molar-refractivity contribution in [2.24, 2.45) is 0 Å². The van der Waals surface area contributed by atoms with Gasteiger partial charge in [-0.1, -0.05) is 79.6 Å². The van der Waals surface area contributed by atoms with Crippen LogP contribution in [0.2, 0.25) is 0 Å². The first kappa shape index (κ1) is 28.9. The minimum atomic E-state index is -4.06. The molecule has 0 spiro atoms. The maximum Gasteiger partial charge on any atom is 0.264 e. The van der Waals surface area contributed by atoms with Crippen molar-refractivity contribution in [1.29, 1.82) is 0 Å². The Morgan fingerprint density at radius 3 is 2.16 bits per heavy atom. The summed E-state index contributed by atoms with van der Waals surface area (Å²) in [6.07, 6.45) is 1.16. The van der Waals surface area contributed by atoms with Gasteiger partial charge in [0.25, 0.3) is 10.0 Å². The van der Waals surface area contributed by atoms with Crippen molar-refractivity contribution in [3.8, 4) is 0 Å². The monoisotopic (exact) mass is 535 g/mol. The fourth-order valence-electron chi connectivity index (χ4n) is 4.25. The van der Waals surface area contributed by atoms with Crippen LogP contribution < -0.4 is 9.62 Å². The van der Waals surface area contributed by atoms with Gasteiger partial charge in [0.2, 0.25) is 11.8 Å². The number of carbonyl (C=O) groups excluding carboxylic acids is 2. The Kier molecular flexibility index (Phi) is 10.1. The molecule has 0 radical (unpaired) electrons. The number of anilines is 1. The molecule has 0 unspecified atom stereocenters. The standard InChI is InChI=1S/C30H37N3O4S/c1-5-19-31-30(35)28(6-2)32(21-25-12-10-11-24(4)20-25)29(34)22-33(26-17-15-23(3)16-18-26)38(36,37)27-13-8-7-9-14-27/h7-18,20,28H,5-6,19,21-22H2,1-4H3,(H,31,35)/t28-/m1/s1. The molecular weight excluding hydrogens is 498 g/mol. The Balaban J connectivity index is 2.03. The van der Waals surface area contributed by atoms with E-state index in [4.69, 9.17) is 0 Å². The smallest absolute Gasteiger partial charge is 0.264 e. The normalized spacial score (nSPS) is 12.0. The Morgan fingerprint density at radius 2 is 1.55 bits per heavy atom. The van der Waals surface area contributed by atoms with Gasteiger partial charge in [-0.25, -0.2) is 8.42 Å². The van der Waals surface area contributed by atoms with Gasteiger partial charge in [0.1, 0.15) is 12.6 Å². The Bertz CT molecular complexity index is 1330. The van der Waals surface area contributed by atoms with Gasteiger partial charge >= 0.3 is 0 Å². The van der Waals surface area contributed by atoms with Crippen LogP contribution in [0, 0.1) is 13.8 Å². The van der Waals surface area contributed by atoms with Gasteiger partial charge in [0.05, 0.1) is 10.6 Å². The summed E-state index contributed by atoms with van der Waals surface area (Å²) in [5, 5.41) is 2.90. The molecule has 0 aliphatic rings. The third-order valence-corrected chi connectivity index (χ3v) is 8.09. The molecule has 7 nitrogen and oxygen atoms in total. The minimum Gasteiger partial charge on any atom is -0.354 e. The lowest BCUT2D eigenvalue weighted by Gasteiger charge is -2.33. The zero-order valence-corrected chi connectivity index (χ0v) is 23.4. The van der Waals surface area contributed by atoms with Gasteiger partial charge < -0.3 is 10.2 Å². The highest BCUT2D eigenvalue weighted by molar-refractivity contribution is 7.92. The molecule has 0 fully saturated rings. The largest absolute Gasteiger partial charge is 0.354 e. The molecule has 0 saturated heterocycles. The van der Waals surface area contributed by atoms with Crippen LogP contribution in [0.4, 0.5) is 5.69 Å². The molecule has 1 N–H and O–H groups in total. The second-order valence-electron chi connectivity index (χ2n) is 9.39. The lowest BCUT2D eigenvalue weighted by atomic mass is 10.1. The lowest BCUT2D eigenvalue weighted by molar-refractivity contribution is -0.140. The highest BCUT2D eigenvalue weighted by atomic mass is 32.2. The van der Waals surface area contributed by atoms with Crippen LogP contribution in [0.15, 0.2) is 83.8 Å². The van der Waals surface area contributed by atoms with Crippen molar-refractivity contribution in [1.82, 2.24) is 10.2 Å². The number of nitrogens with one attached hydrogen (secondary N) is 1. The topological polar surface area (TPSA) is 86.8 Å². The predicted molar refractivity (Wildman–Crippen MR) is 151 cm³/mol. The van der Waals surface area contributed by atoms with E-state index in [1.807, 2.05) is 64.1 Å². The summed E-state index contributed by atoms with van der Waals surface area (Å²) in [4.78, 5) is 28.7. The lowest BCUT2D eigenvalue weighted by Crippen LogP contribution is -2.52. The van der Waals surface area contributed by atoms with Crippen LogP contribution in [-0.2, 0) is 26.2 Å². The van der Waals surface area contributed by atoms with E-state index in [0.29, 0.717) is 18.7 Å². The van der Waals surface area contributed by atoms with E-state index in [1.54, 1.807) is 30.3 Å². The second-order valence-corrected chi connectivity index (χ2v) is 11.2. The van der Waals surface area contributed by atoms with Crippen LogP contribution in [0.1, 0.15) is 43.4 Å². The molecule has 0 bridgehead atoms. The molecule has 3 aromatic rings. The first-order chi connectivity index (χ1) is 18.2. The van der Waals surface area contributed by atoms with Crippen molar-refractivity contribution in [2.75, 3.05) is 17.4 Å². The number of hydrogen-bond donors (Lipinski definition) is 1. The summed E-state index contributed by atoms with van der Waals surface area (Å²) in [7, 11) is -4.06. The number of aryl methyl sites for hydroxylation is 2. The van der Waals surface area contributed by atoms with Crippen LogP contribution in [-0.4, -0.2) is 44.3 Å². The van der Waals surface area contributed by atoms with E-state index in [2.05, 4.69) is 5.32 Å². The maximum absolute atomic E-state index is 14.0. The van der Waals surface area contributed by atoms with Crippen LogP contribution in [0.5, 0.6) is 0 Å². The van der Waals surface area contributed by atoms with Crippen molar-refractivity contribution in [3.05, 3.63) is 95.6 Å². The number of sulfonamides is 1. The molecule has 38 heavy (non-hydrogen) atoms. The van der Waals surface area contributed by atoms with Gasteiger partial charge in [-0.3, -0.25) is 13.9 Å². The molecule has 0 heterocycles. The van der Waals surface area contributed by atoms with E-state index < -0.39 is 28.5 Å². The first-order valence-corrected chi connectivity index (χ1v) is 14.4. The number of rotatable bonds is 12. The molecule has 3 rings (SSSR count). The van der Waals surface area contributed by atoms with Crippen LogP contribution >= 0.6 is 0 Å². The summed E-state index contributed by atoms with van der Waals surface area (Å²) in [6.45, 7) is 7.94. The number of amides is 2. The molecule has 0 aliphatic heterocycles. The Morgan fingerprint density at radius 1 is 0.868 bits per heavy atom. The molecule has 1 atom stereocenters. The van der Waals surface area contributed by atoms with Crippen molar-refractivity contribution < 1.29 is 18.0 Å². The third kappa shape index (κ3) is 7.22. The van der Waals surface area contributed by atoms with E-state index >= 15 is 0 Å². The van der Waals surface area contributed by atoms with E-state index in [0.717, 1.165) is 27.4 Å². The molecule has 2 amide bonds. The van der Waals surface area contributed by atoms with Gasteiger partial charge in [0.15, 0.2) is 0 Å². The zero-order chi connectivity index (χ0) is 27.7. The fourth-order valence-corrected chi connectivity index (χ4v) is 5.69. The van der Waals surface area contributed by atoms with Gasteiger partial charge in [0, 0.05) is 13.1 Å². The van der Waals surface area contributed by atoms with Gasteiger partial charge in [-0.15, -0.1) is 0 Å². The van der Waals surface area contributed by atoms with Crippen LogP contribution in [0.25, 0.3) is 0 Å². The van der Waals surface area contributed by atoms with E-state index in [9.17, 15) is 18.0 Å². The van der Waals surface area contributed by atoms with Crippen molar-refractivity contribution >= 4 is 27.5 Å². The second kappa shape index (κ2) is 13.2. The predicted octanol–water partition coefficient (Wildman–Crippen LogP) is 4.83. The molecule has 0 saturated carbocycles. The minimum absolute atomic E-state index is 0.0892. The number of nitrogens with zero attached hydrogens (tertiary/aromatic N) is 2. The molecule has 8 heteroatoms. The Labute approximate surface area is 226 Å².